The first-order valence-electron chi connectivity index (χ1n) is 11.5. The van der Waals surface area contributed by atoms with E-state index in [0.717, 1.165) is 18.4 Å². The predicted molar refractivity (Wildman–Crippen MR) is 132 cm³/mol. The number of rotatable bonds is 11. The molecule has 9 nitrogen and oxygen atoms in total. The van der Waals surface area contributed by atoms with Crippen LogP contribution in [0.25, 0.3) is 0 Å². The van der Waals surface area contributed by atoms with E-state index in [9.17, 15) is 9.59 Å². The minimum atomic E-state index is -0.639. The van der Waals surface area contributed by atoms with Gasteiger partial charge in [0.25, 0.3) is 0 Å². The second kappa shape index (κ2) is 11.7. The molecule has 9 heteroatoms. The van der Waals surface area contributed by atoms with Crippen molar-refractivity contribution in [1.82, 2.24) is 4.90 Å². The van der Waals surface area contributed by atoms with E-state index in [1.807, 2.05) is 12.1 Å². The van der Waals surface area contributed by atoms with E-state index in [0.29, 0.717) is 41.0 Å². The van der Waals surface area contributed by atoms with Crippen LogP contribution in [0.4, 0.5) is 5.69 Å². The van der Waals surface area contributed by atoms with E-state index in [1.165, 1.54) is 21.3 Å². The number of amides is 2. The molecule has 1 N–H and O–H groups in total. The molecule has 2 atom stereocenters. The molecule has 1 saturated heterocycles. The van der Waals surface area contributed by atoms with Crippen molar-refractivity contribution in [3.8, 4) is 28.7 Å². The van der Waals surface area contributed by atoms with E-state index in [4.69, 9.17) is 23.7 Å². The molecule has 0 aromatic heterocycles. The van der Waals surface area contributed by atoms with E-state index < -0.39 is 12.0 Å². The molecule has 0 radical (unpaired) electrons. The molecule has 0 unspecified atom stereocenters. The lowest BCUT2D eigenvalue weighted by atomic mass is 9.91. The zero-order chi connectivity index (χ0) is 25.5. The number of nitrogens with one attached hydrogen (secondary N) is 1. The van der Waals surface area contributed by atoms with Crippen LogP contribution in [-0.2, 0) is 9.59 Å². The molecule has 3 rings (SSSR count). The third-order valence-corrected chi connectivity index (χ3v) is 6.21. The Kier molecular flexibility index (Phi) is 8.68. The highest BCUT2D eigenvalue weighted by Gasteiger charge is 2.45. The first-order valence-corrected chi connectivity index (χ1v) is 11.5. The molecule has 1 aliphatic heterocycles. The average molecular weight is 487 g/mol. The molecular formula is C26H34N2O7. The van der Waals surface area contributed by atoms with Crippen LogP contribution in [0.5, 0.6) is 28.7 Å². The fraction of sp³-hybridized carbons (Fsp3) is 0.462. The summed E-state index contributed by atoms with van der Waals surface area (Å²) in [6, 6.07) is 8.33. The van der Waals surface area contributed by atoms with E-state index in [-0.39, 0.29) is 18.2 Å². The molecule has 2 aromatic carbocycles. The SMILES string of the molecule is CCCCN1C(=O)C[C@H](C(=O)Nc2cc(OC)c(OC)c(OC)c2)[C@@H]1c1cccc(OC)c1OC. The lowest BCUT2D eigenvalue weighted by molar-refractivity contribution is -0.129. The third-order valence-electron chi connectivity index (χ3n) is 6.21. The highest BCUT2D eigenvalue weighted by Crippen LogP contribution is 2.46. The molecule has 0 saturated carbocycles. The average Bonchev–Trinajstić information content (AvgIpc) is 3.21. The maximum Gasteiger partial charge on any atom is 0.230 e. The number of benzene rings is 2. The van der Waals surface area contributed by atoms with Crippen molar-refractivity contribution in [1.29, 1.82) is 0 Å². The lowest BCUT2D eigenvalue weighted by Crippen LogP contribution is -2.33. The summed E-state index contributed by atoms with van der Waals surface area (Å²) in [4.78, 5) is 28.5. The van der Waals surface area contributed by atoms with Gasteiger partial charge in [-0.25, -0.2) is 0 Å². The summed E-state index contributed by atoms with van der Waals surface area (Å²) in [7, 11) is 7.65. The number of ether oxygens (including phenoxy) is 5. The van der Waals surface area contributed by atoms with E-state index in [1.54, 1.807) is 37.3 Å². The highest BCUT2D eigenvalue weighted by molar-refractivity contribution is 5.98. The largest absolute Gasteiger partial charge is 0.493 e. The van der Waals surface area contributed by atoms with Crippen molar-refractivity contribution in [2.24, 2.45) is 5.92 Å². The normalized spacial score (nSPS) is 17.2. The second-order valence-electron chi connectivity index (χ2n) is 8.18. The van der Waals surface area contributed by atoms with Crippen molar-refractivity contribution >= 4 is 17.5 Å². The zero-order valence-corrected chi connectivity index (χ0v) is 21.2. The third kappa shape index (κ3) is 5.23. The van der Waals surface area contributed by atoms with Gasteiger partial charge in [-0.15, -0.1) is 0 Å². The van der Waals surface area contributed by atoms with Gasteiger partial charge in [-0.05, 0) is 12.5 Å². The summed E-state index contributed by atoms with van der Waals surface area (Å²) in [6.07, 6.45) is 1.84. The fourth-order valence-corrected chi connectivity index (χ4v) is 4.54. The quantitative estimate of drug-likeness (QED) is 0.512. The zero-order valence-electron chi connectivity index (χ0n) is 21.2. The fourth-order valence-electron chi connectivity index (χ4n) is 4.54. The van der Waals surface area contributed by atoms with Gasteiger partial charge in [0, 0.05) is 36.3 Å². The Bertz CT molecular complexity index is 1030. The number of para-hydroxylation sites is 1. The maximum atomic E-state index is 13.6. The number of carbonyl (C=O) groups is 2. The van der Waals surface area contributed by atoms with Gasteiger partial charge in [-0.1, -0.05) is 25.5 Å². The number of hydrogen-bond acceptors (Lipinski definition) is 7. The number of carbonyl (C=O) groups excluding carboxylic acids is 2. The van der Waals surface area contributed by atoms with Crippen LogP contribution in [0.2, 0.25) is 0 Å². The van der Waals surface area contributed by atoms with Gasteiger partial charge in [-0.2, -0.15) is 0 Å². The Balaban J connectivity index is 2.01. The Hall–Kier alpha value is -3.62. The highest BCUT2D eigenvalue weighted by atomic mass is 16.5. The molecule has 2 aromatic rings. The molecular weight excluding hydrogens is 452 g/mol. The number of hydrogen-bond donors (Lipinski definition) is 1. The van der Waals surface area contributed by atoms with Crippen LogP contribution in [-0.4, -0.2) is 58.8 Å². The van der Waals surface area contributed by atoms with Gasteiger partial charge < -0.3 is 33.9 Å². The molecule has 1 aliphatic rings. The first-order chi connectivity index (χ1) is 16.9. The molecule has 0 spiro atoms. The predicted octanol–water partition coefficient (Wildman–Crippen LogP) is 4.06. The van der Waals surface area contributed by atoms with Crippen LogP contribution in [0.1, 0.15) is 37.8 Å². The molecule has 0 aliphatic carbocycles. The van der Waals surface area contributed by atoms with Crippen molar-refractivity contribution < 1.29 is 33.3 Å². The molecule has 1 fully saturated rings. The number of anilines is 1. The number of nitrogens with zero attached hydrogens (tertiary/aromatic N) is 1. The summed E-state index contributed by atoms with van der Waals surface area (Å²) in [5.74, 6) is 1.32. The molecule has 190 valence electrons. The Labute approximate surface area is 206 Å². The topological polar surface area (TPSA) is 95.6 Å². The van der Waals surface area contributed by atoms with Gasteiger partial charge in [-0.3, -0.25) is 9.59 Å². The van der Waals surface area contributed by atoms with E-state index >= 15 is 0 Å². The van der Waals surface area contributed by atoms with Crippen molar-refractivity contribution in [3.05, 3.63) is 35.9 Å². The minimum absolute atomic E-state index is 0.0710. The van der Waals surface area contributed by atoms with Crippen LogP contribution in [0, 0.1) is 5.92 Å². The van der Waals surface area contributed by atoms with Crippen molar-refractivity contribution in [2.45, 2.75) is 32.2 Å². The first kappa shape index (κ1) is 26.0. The summed E-state index contributed by atoms with van der Waals surface area (Å²) in [5, 5.41) is 2.94. The molecule has 2 amide bonds. The van der Waals surface area contributed by atoms with Gasteiger partial charge in [0.2, 0.25) is 17.6 Å². The molecule has 0 bridgehead atoms. The standard InChI is InChI=1S/C26H34N2O7/c1-7-8-12-28-22(29)15-18(23(28)17-10-9-11-19(31-2)24(17)34-5)26(30)27-16-13-20(32-3)25(35-6)21(14-16)33-4/h9-11,13-14,18,23H,7-8,12,15H2,1-6H3,(H,27,30)/t18-,23-/m0/s1. The summed E-state index contributed by atoms with van der Waals surface area (Å²) >= 11 is 0. The lowest BCUT2D eigenvalue weighted by Gasteiger charge is -2.30. The van der Waals surface area contributed by atoms with Crippen molar-refractivity contribution in [2.75, 3.05) is 47.4 Å². The van der Waals surface area contributed by atoms with Gasteiger partial charge in [0.05, 0.1) is 47.5 Å². The monoisotopic (exact) mass is 486 g/mol. The van der Waals surface area contributed by atoms with Crippen LogP contribution >= 0.6 is 0 Å². The Morgan fingerprint density at radius 3 is 2.11 bits per heavy atom. The van der Waals surface area contributed by atoms with Crippen LogP contribution < -0.4 is 29.0 Å². The van der Waals surface area contributed by atoms with Gasteiger partial charge >= 0.3 is 0 Å². The second-order valence-corrected chi connectivity index (χ2v) is 8.18. The number of likely N-dealkylation sites (tertiary alicyclic amines) is 1. The maximum absolute atomic E-state index is 13.6. The number of unbranched alkanes of at least 4 members (excludes halogenated alkanes) is 1. The molecule has 1 heterocycles. The summed E-state index contributed by atoms with van der Waals surface area (Å²) in [5.41, 5.74) is 1.21. The summed E-state index contributed by atoms with van der Waals surface area (Å²) < 4.78 is 27.3. The number of methoxy groups -OCH3 is 5. The summed E-state index contributed by atoms with van der Waals surface area (Å²) in [6.45, 7) is 2.62. The van der Waals surface area contributed by atoms with Gasteiger partial charge in [0.15, 0.2) is 23.0 Å². The van der Waals surface area contributed by atoms with Crippen LogP contribution in [0.3, 0.4) is 0 Å². The van der Waals surface area contributed by atoms with Crippen molar-refractivity contribution in [3.63, 3.8) is 0 Å². The molecule has 35 heavy (non-hydrogen) atoms. The smallest absolute Gasteiger partial charge is 0.230 e. The Morgan fingerprint density at radius 1 is 0.943 bits per heavy atom. The van der Waals surface area contributed by atoms with Crippen LogP contribution in [0.15, 0.2) is 30.3 Å². The van der Waals surface area contributed by atoms with Gasteiger partial charge in [0.1, 0.15) is 0 Å². The minimum Gasteiger partial charge on any atom is -0.493 e. The van der Waals surface area contributed by atoms with E-state index in [2.05, 4.69) is 12.2 Å². The Morgan fingerprint density at radius 2 is 1.57 bits per heavy atom.